The van der Waals surface area contributed by atoms with Crippen molar-refractivity contribution in [1.29, 1.82) is 0 Å². The van der Waals surface area contributed by atoms with E-state index in [2.05, 4.69) is 4.98 Å². The molecule has 106 valence electrons. The summed E-state index contributed by atoms with van der Waals surface area (Å²) in [4.78, 5) is 4.30. The van der Waals surface area contributed by atoms with Crippen molar-refractivity contribution in [2.24, 2.45) is 0 Å². The third-order valence-electron chi connectivity index (χ3n) is 2.63. The molecule has 2 nitrogen and oxygen atoms in total. The first-order valence-electron chi connectivity index (χ1n) is 6.30. The highest BCUT2D eigenvalue weighted by Gasteiger charge is 2.07. The largest absolute Gasteiger partial charge is 0.439 e. The number of aryl methyl sites for hydroxylation is 1. The molecule has 0 spiro atoms. The van der Waals surface area contributed by atoms with Crippen molar-refractivity contribution in [1.82, 2.24) is 4.98 Å². The fraction of sp³-hybridized carbons (Fsp3) is 0.267. The van der Waals surface area contributed by atoms with Gasteiger partial charge in [0, 0.05) is 35.8 Å². The zero-order chi connectivity index (χ0) is 14.5. The summed E-state index contributed by atoms with van der Waals surface area (Å²) in [5, 5.41) is 0. The Morgan fingerprint density at radius 3 is 2.40 bits per heavy atom. The Bertz CT molecular complexity index is 584. The van der Waals surface area contributed by atoms with E-state index >= 15 is 0 Å². The molecule has 0 saturated carbocycles. The Hall–Kier alpha value is -1.68. The third-order valence-corrected chi connectivity index (χ3v) is 2.94. The number of benzene rings is 1. The van der Waals surface area contributed by atoms with Gasteiger partial charge in [-0.3, -0.25) is 0 Å². The Morgan fingerprint density at radius 2 is 1.80 bits per heavy atom. The number of alkyl halides is 1. The van der Waals surface area contributed by atoms with Gasteiger partial charge in [0.15, 0.2) is 0 Å². The van der Waals surface area contributed by atoms with Crippen LogP contribution >= 0.6 is 11.6 Å². The van der Waals surface area contributed by atoms with E-state index in [1.54, 1.807) is 6.07 Å². The minimum absolute atomic E-state index is 0.0733. The minimum Gasteiger partial charge on any atom is -0.439 e. The third kappa shape index (κ3) is 3.90. The van der Waals surface area contributed by atoms with Crippen LogP contribution in [0.1, 0.15) is 24.6 Å². The molecule has 0 fully saturated rings. The molecule has 0 saturated heterocycles. The normalized spacial score (nSPS) is 10.6. The van der Waals surface area contributed by atoms with Gasteiger partial charge in [-0.05, 0) is 18.1 Å². The van der Waals surface area contributed by atoms with Gasteiger partial charge in [-0.2, -0.15) is 0 Å². The maximum absolute atomic E-state index is 13.1. The number of hydrogen-bond acceptors (Lipinski definition) is 2. The van der Waals surface area contributed by atoms with Crippen molar-refractivity contribution in [2.45, 2.75) is 25.6 Å². The number of halogens is 3. The van der Waals surface area contributed by atoms with Crippen molar-refractivity contribution in [3.63, 3.8) is 0 Å². The lowest BCUT2D eigenvalue weighted by atomic mass is 10.2. The number of rotatable bonds is 5. The predicted molar refractivity (Wildman–Crippen MR) is 74.2 cm³/mol. The van der Waals surface area contributed by atoms with E-state index in [4.69, 9.17) is 16.3 Å². The van der Waals surface area contributed by atoms with Gasteiger partial charge in [-0.25, -0.2) is 13.8 Å². The summed E-state index contributed by atoms with van der Waals surface area (Å²) in [6, 6.07) is 6.57. The summed E-state index contributed by atoms with van der Waals surface area (Å²) >= 11 is 5.82. The standard InChI is InChI=1S/C15H14ClF2NO/c1-2-3-13-4-10(9-16)5-15(19-13)20-14-7-11(17)6-12(18)8-14/h4-8H,2-3,9H2,1H3. The lowest BCUT2D eigenvalue weighted by Gasteiger charge is -2.09. The lowest BCUT2D eigenvalue weighted by molar-refractivity contribution is 0.449. The molecule has 5 heteroatoms. The van der Waals surface area contributed by atoms with E-state index in [9.17, 15) is 8.78 Å². The van der Waals surface area contributed by atoms with E-state index in [1.807, 2.05) is 13.0 Å². The van der Waals surface area contributed by atoms with Gasteiger partial charge in [0.2, 0.25) is 5.88 Å². The second-order valence-electron chi connectivity index (χ2n) is 4.40. The molecule has 0 aliphatic heterocycles. The highest BCUT2D eigenvalue weighted by molar-refractivity contribution is 6.17. The number of pyridine rings is 1. The Morgan fingerprint density at radius 1 is 1.10 bits per heavy atom. The van der Waals surface area contributed by atoms with Gasteiger partial charge in [0.25, 0.3) is 0 Å². The van der Waals surface area contributed by atoms with Crippen LogP contribution in [-0.2, 0) is 12.3 Å². The van der Waals surface area contributed by atoms with Gasteiger partial charge in [-0.15, -0.1) is 11.6 Å². The highest BCUT2D eigenvalue weighted by Crippen LogP contribution is 2.24. The summed E-state index contributed by atoms with van der Waals surface area (Å²) in [7, 11) is 0. The summed E-state index contributed by atoms with van der Waals surface area (Å²) in [5.74, 6) is -0.696. The molecule has 0 bridgehead atoms. The topological polar surface area (TPSA) is 22.1 Å². The number of aromatic nitrogens is 1. The molecule has 2 aromatic rings. The monoisotopic (exact) mass is 297 g/mol. The lowest BCUT2D eigenvalue weighted by Crippen LogP contribution is -1.96. The van der Waals surface area contributed by atoms with E-state index in [-0.39, 0.29) is 11.6 Å². The molecule has 0 aliphatic carbocycles. The summed E-state index contributed by atoms with van der Waals surface area (Å²) < 4.78 is 31.6. The Balaban J connectivity index is 2.29. The van der Waals surface area contributed by atoms with Crippen LogP contribution in [0.4, 0.5) is 8.78 Å². The molecular formula is C15H14ClF2NO. The molecule has 0 unspecified atom stereocenters. The van der Waals surface area contributed by atoms with Crippen LogP contribution in [0.3, 0.4) is 0 Å². The fourth-order valence-corrected chi connectivity index (χ4v) is 2.00. The van der Waals surface area contributed by atoms with Crippen molar-refractivity contribution in [3.8, 4) is 11.6 Å². The molecule has 0 amide bonds. The van der Waals surface area contributed by atoms with Crippen LogP contribution in [0.5, 0.6) is 11.6 Å². The zero-order valence-electron chi connectivity index (χ0n) is 11.0. The average molecular weight is 298 g/mol. The van der Waals surface area contributed by atoms with Gasteiger partial charge in [0.05, 0.1) is 0 Å². The molecular weight excluding hydrogens is 284 g/mol. The van der Waals surface area contributed by atoms with Crippen molar-refractivity contribution in [2.75, 3.05) is 0 Å². The SMILES string of the molecule is CCCc1cc(CCl)cc(Oc2cc(F)cc(F)c2)n1. The van der Waals surface area contributed by atoms with Crippen LogP contribution in [0.15, 0.2) is 30.3 Å². The van der Waals surface area contributed by atoms with E-state index in [0.29, 0.717) is 5.88 Å². The molecule has 0 N–H and O–H groups in total. The maximum Gasteiger partial charge on any atom is 0.219 e. The first-order valence-corrected chi connectivity index (χ1v) is 6.84. The quantitative estimate of drug-likeness (QED) is 0.736. The molecule has 1 aromatic heterocycles. The van der Waals surface area contributed by atoms with Crippen molar-refractivity contribution in [3.05, 3.63) is 53.2 Å². The van der Waals surface area contributed by atoms with E-state index < -0.39 is 11.6 Å². The fourth-order valence-electron chi connectivity index (χ4n) is 1.84. The Kier molecular flexibility index (Phi) is 4.90. The second-order valence-corrected chi connectivity index (χ2v) is 4.66. The molecule has 2 rings (SSSR count). The van der Waals surface area contributed by atoms with Gasteiger partial charge < -0.3 is 4.74 Å². The first kappa shape index (κ1) is 14.7. The van der Waals surface area contributed by atoms with Crippen LogP contribution < -0.4 is 4.74 Å². The molecule has 0 atom stereocenters. The van der Waals surface area contributed by atoms with Crippen LogP contribution in [-0.4, -0.2) is 4.98 Å². The summed E-state index contributed by atoms with van der Waals surface area (Å²) in [5.41, 5.74) is 1.70. The highest BCUT2D eigenvalue weighted by atomic mass is 35.5. The van der Waals surface area contributed by atoms with Gasteiger partial charge >= 0.3 is 0 Å². The Labute approximate surface area is 121 Å². The summed E-state index contributed by atoms with van der Waals surface area (Å²) in [6.45, 7) is 2.04. The van der Waals surface area contributed by atoms with E-state index in [0.717, 1.165) is 42.3 Å². The smallest absolute Gasteiger partial charge is 0.219 e. The molecule has 1 aromatic carbocycles. The number of nitrogens with zero attached hydrogens (tertiary/aromatic N) is 1. The number of ether oxygens (including phenoxy) is 1. The van der Waals surface area contributed by atoms with Crippen LogP contribution in [0.25, 0.3) is 0 Å². The molecule has 0 aliphatic rings. The van der Waals surface area contributed by atoms with E-state index in [1.165, 1.54) is 0 Å². The van der Waals surface area contributed by atoms with Crippen molar-refractivity contribution >= 4 is 11.6 Å². The first-order chi connectivity index (χ1) is 9.60. The number of hydrogen-bond donors (Lipinski definition) is 0. The second kappa shape index (κ2) is 6.66. The molecule has 1 heterocycles. The maximum atomic E-state index is 13.1. The minimum atomic E-state index is -0.692. The average Bonchev–Trinajstić information content (AvgIpc) is 2.37. The molecule has 0 radical (unpaired) electrons. The van der Waals surface area contributed by atoms with Crippen molar-refractivity contribution < 1.29 is 13.5 Å². The predicted octanol–water partition coefficient (Wildman–Crippen LogP) is 4.84. The zero-order valence-corrected chi connectivity index (χ0v) is 11.8. The molecule has 20 heavy (non-hydrogen) atoms. The van der Waals surface area contributed by atoms with Crippen LogP contribution in [0.2, 0.25) is 0 Å². The summed E-state index contributed by atoms with van der Waals surface area (Å²) in [6.07, 6.45) is 1.73. The van der Waals surface area contributed by atoms with Gasteiger partial charge in [-0.1, -0.05) is 13.3 Å². The van der Waals surface area contributed by atoms with Crippen LogP contribution in [0, 0.1) is 11.6 Å². The van der Waals surface area contributed by atoms with Gasteiger partial charge in [0.1, 0.15) is 17.4 Å².